The van der Waals surface area contributed by atoms with Gasteiger partial charge in [-0.3, -0.25) is 0 Å². The summed E-state index contributed by atoms with van der Waals surface area (Å²) in [7, 11) is 1.75. The van der Waals surface area contributed by atoms with E-state index in [-0.39, 0.29) is 17.7 Å². The monoisotopic (exact) mass is 143 g/mol. The van der Waals surface area contributed by atoms with Crippen LogP contribution >= 0.6 is 0 Å². The Hall–Kier alpha value is -0.730. The van der Waals surface area contributed by atoms with Gasteiger partial charge in [-0.15, -0.1) is 0 Å². The van der Waals surface area contributed by atoms with E-state index in [0.717, 1.165) is 0 Å². The van der Waals surface area contributed by atoms with Gasteiger partial charge in [0.2, 0.25) is 0 Å². The SMILES string of the molecule is CC1N(C)C(=O)OC1(C)C. The third-order valence-electron chi connectivity index (χ3n) is 2.23. The fraction of sp³-hybridized carbons (Fsp3) is 0.857. The molecule has 1 saturated heterocycles. The van der Waals surface area contributed by atoms with Crippen LogP contribution in [-0.2, 0) is 4.74 Å². The van der Waals surface area contributed by atoms with Crippen LogP contribution < -0.4 is 0 Å². The van der Waals surface area contributed by atoms with Gasteiger partial charge in [-0.1, -0.05) is 0 Å². The molecule has 1 aliphatic rings. The van der Waals surface area contributed by atoms with Crippen LogP contribution in [0.2, 0.25) is 0 Å². The van der Waals surface area contributed by atoms with Gasteiger partial charge in [-0.25, -0.2) is 4.79 Å². The summed E-state index contributed by atoms with van der Waals surface area (Å²) < 4.78 is 5.06. The number of amides is 1. The first-order valence-electron chi connectivity index (χ1n) is 3.41. The van der Waals surface area contributed by atoms with Crippen LogP contribution in [-0.4, -0.2) is 29.7 Å². The van der Waals surface area contributed by atoms with Crippen LogP contribution in [0.3, 0.4) is 0 Å². The fourth-order valence-electron chi connectivity index (χ4n) is 1.01. The minimum absolute atomic E-state index is 0.167. The summed E-state index contributed by atoms with van der Waals surface area (Å²) in [5, 5.41) is 0. The van der Waals surface area contributed by atoms with E-state index >= 15 is 0 Å². The predicted octanol–water partition coefficient (Wildman–Crippen LogP) is 1.24. The quantitative estimate of drug-likeness (QED) is 0.510. The molecule has 0 radical (unpaired) electrons. The van der Waals surface area contributed by atoms with E-state index in [0.29, 0.717) is 0 Å². The molecule has 0 saturated carbocycles. The van der Waals surface area contributed by atoms with Crippen molar-refractivity contribution >= 4 is 6.09 Å². The first-order valence-corrected chi connectivity index (χ1v) is 3.41. The summed E-state index contributed by atoms with van der Waals surface area (Å²) >= 11 is 0. The van der Waals surface area contributed by atoms with Crippen molar-refractivity contribution in [3.05, 3.63) is 0 Å². The number of hydrogen-bond donors (Lipinski definition) is 0. The molecule has 0 bridgehead atoms. The van der Waals surface area contributed by atoms with E-state index in [4.69, 9.17) is 4.74 Å². The third kappa shape index (κ3) is 0.856. The first-order chi connectivity index (χ1) is 4.45. The van der Waals surface area contributed by atoms with Crippen LogP contribution in [0.25, 0.3) is 0 Å². The Morgan fingerprint density at radius 1 is 1.60 bits per heavy atom. The molecule has 3 nitrogen and oxygen atoms in total. The molecule has 0 spiro atoms. The van der Waals surface area contributed by atoms with Crippen molar-refractivity contribution in [1.82, 2.24) is 4.90 Å². The first kappa shape index (κ1) is 7.38. The zero-order valence-electron chi connectivity index (χ0n) is 6.84. The summed E-state index contributed by atoms with van der Waals surface area (Å²) in [4.78, 5) is 12.5. The molecule has 10 heavy (non-hydrogen) atoms. The van der Waals surface area contributed by atoms with Crippen LogP contribution in [0, 0.1) is 0 Å². The molecule has 3 heteroatoms. The van der Waals surface area contributed by atoms with E-state index in [9.17, 15) is 4.79 Å². The zero-order valence-corrected chi connectivity index (χ0v) is 6.84. The molecule has 1 unspecified atom stereocenters. The Morgan fingerprint density at radius 2 is 2.10 bits per heavy atom. The van der Waals surface area contributed by atoms with Gasteiger partial charge in [0.05, 0.1) is 6.04 Å². The number of carbonyl (C=O) groups excluding carboxylic acids is 1. The van der Waals surface area contributed by atoms with Crippen LogP contribution in [0.5, 0.6) is 0 Å². The molecular weight excluding hydrogens is 130 g/mol. The maximum atomic E-state index is 10.9. The van der Waals surface area contributed by atoms with Crippen LogP contribution in [0.1, 0.15) is 20.8 Å². The summed E-state index contributed by atoms with van der Waals surface area (Å²) in [5.74, 6) is 0. The lowest BCUT2D eigenvalue weighted by molar-refractivity contribution is 0.0716. The molecule has 58 valence electrons. The molecule has 1 aliphatic heterocycles. The Morgan fingerprint density at radius 3 is 2.20 bits per heavy atom. The number of cyclic esters (lactones) is 1. The normalized spacial score (nSPS) is 30.6. The van der Waals surface area contributed by atoms with E-state index in [1.54, 1.807) is 11.9 Å². The Bertz CT molecular complexity index is 165. The number of hydrogen-bond acceptors (Lipinski definition) is 2. The number of ether oxygens (including phenoxy) is 1. The molecular formula is C7H13NO2. The van der Waals surface area contributed by atoms with E-state index < -0.39 is 0 Å². The van der Waals surface area contributed by atoms with Crippen molar-refractivity contribution in [3.8, 4) is 0 Å². The molecule has 0 aliphatic carbocycles. The van der Waals surface area contributed by atoms with E-state index in [1.165, 1.54) is 0 Å². The molecule has 1 fully saturated rings. The summed E-state index contributed by atoms with van der Waals surface area (Å²) in [6.07, 6.45) is -0.225. The van der Waals surface area contributed by atoms with Gasteiger partial charge in [0.25, 0.3) is 0 Å². The Labute approximate surface area is 61.0 Å². The van der Waals surface area contributed by atoms with E-state index in [1.807, 2.05) is 20.8 Å². The Balaban J connectivity index is 2.81. The van der Waals surface area contributed by atoms with Gasteiger partial charge in [0, 0.05) is 7.05 Å². The highest BCUT2D eigenvalue weighted by atomic mass is 16.6. The molecule has 1 amide bonds. The highest BCUT2D eigenvalue weighted by molar-refractivity contribution is 5.70. The van der Waals surface area contributed by atoms with Gasteiger partial charge >= 0.3 is 6.09 Å². The average Bonchev–Trinajstić information content (AvgIpc) is 1.95. The van der Waals surface area contributed by atoms with Crippen LogP contribution in [0.15, 0.2) is 0 Å². The third-order valence-corrected chi connectivity index (χ3v) is 2.23. The second-order valence-electron chi connectivity index (χ2n) is 3.26. The largest absolute Gasteiger partial charge is 0.441 e. The number of rotatable bonds is 0. The van der Waals surface area contributed by atoms with E-state index in [2.05, 4.69) is 0 Å². The lowest BCUT2D eigenvalue weighted by Gasteiger charge is -2.22. The fourth-order valence-corrected chi connectivity index (χ4v) is 1.01. The van der Waals surface area contributed by atoms with Gasteiger partial charge in [-0.05, 0) is 20.8 Å². The van der Waals surface area contributed by atoms with Crippen molar-refractivity contribution in [2.24, 2.45) is 0 Å². The second-order valence-corrected chi connectivity index (χ2v) is 3.26. The molecule has 1 rings (SSSR count). The Kier molecular flexibility index (Phi) is 1.38. The summed E-state index contributed by atoms with van der Waals surface area (Å²) in [5.41, 5.74) is -0.328. The predicted molar refractivity (Wildman–Crippen MR) is 37.8 cm³/mol. The van der Waals surface area contributed by atoms with Crippen molar-refractivity contribution in [2.45, 2.75) is 32.4 Å². The van der Waals surface area contributed by atoms with Crippen molar-refractivity contribution < 1.29 is 9.53 Å². The highest BCUT2D eigenvalue weighted by Gasteiger charge is 2.42. The highest BCUT2D eigenvalue weighted by Crippen LogP contribution is 2.26. The van der Waals surface area contributed by atoms with Gasteiger partial charge < -0.3 is 9.64 Å². The second kappa shape index (κ2) is 1.87. The van der Waals surface area contributed by atoms with Crippen molar-refractivity contribution in [3.63, 3.8) is 0 Å². The van der Waals surface area contributed by atoms with Gasteiger partial charge in [-0.2, -0.15) is 0 Å². The van der Waals surface area contributed by atoms with Crippen molar-refractivity contribution in [2.75, 3.05) is 7.05 Å². The topological polar surface area (TPSA) is 29.5 Å². The molecule has 1 heterocycles. The summed E-state index contributed by atoms with van der Waals surface area (Å²) in [6.45, 7) is 5.81. The average molecular weight is 143 g/mol. The molecule has 0 N–H and O–H groups in total. The number of carbonyl (C=O) groups is 1. The molecule has 0 aromatic rings. The van der Waals surface area contributed by atoms with Gasteiger partial charge in [0.15, 0.2) is 0 Å². The lowest BCUT2D eigenvalue weighted by atomic mass is 10.0. The number of nitrogens with zero attached hydrogens (tertiary/aromatic N) is 1. The lowest BCUT2D eigenvalue weighted by Crippen LogP contribution is -2.36. The summed E-state index contributed by atoms with van der Waals surface area (Å²) in [6, 6.07) is 0.167. The molecule has 0 aromatic heterocycles. The minimum Gasteiger partial charge on any atom is -0.441 e. The maximum Gasteiger partial charge on any atom is 0.410 e. The standard InChI is InChI=1S/C7H13NO2/c1-5-7(2,3)10-6(9)8(5)4/h5H,1-4H3. The molecule has 1 atom stereocenters. The minimum atomic E-state index is -0.328. The maximum absolute atomic E-state index is 10.9. The smallest absolute Gasteiger partial charge is 0.410 e. The molecule has 0 aromatic carbocycles. The van der Waals surface area contributed by atoms with Crippen LogP contribution in [0.4, 0.5) is 4.79 Å². The zero-order chi connectivity index (χ0) is 7.94. The van der Waals surface area contributed by atoms with Crippen molar-refractivity contribution in [1.29, 1.82) is 0 Å². The number of likely N-dealkylation sites (N-methyl/N-ethyl adjacent to an activating group) is 1. The van der Waals surface area contributed by atoms with Gasteiger partial charge in [0.1, 0.15) is 5.60 Å².